The zero-order valence-electron chi connectivity index (χ0n) is 16.7. The summed E-state index contributed by atoms with van der Waals surface area (Å²) in [7, 11) is 0. The van der Waals surface area contributed by atoms with Gasteiger partial charge in [-0.2, -0.15) is 0 Å². The number of amides is 2. The monoisotopic (exact) mass is 407 g/mol. The summed E-state index contributed by atoms with van der Waals surface area (Å²) >= 11 is 1.40. The highest BCUT2D eigenvalue weighted by molar-refractivity contribution is 7.14. The first-order chi connectivity index (χ1) is 14.0. The molecule has 0 aliphatic carbocycles. The van der Waals surface area contributed by atoms with Gasteiger partial charge in [-0.05, 0) is 36.1 Å². The zero-order valence-corrected chi connectivity index (χ0v) is 17.5. The van der Waals surface area contributed by atoms with Crippen LogP contribution in [0.4, 0.5) is 5.13 Å². The Morgan fingerprint density at radius 1 is 1.00 bits per heavy atom. The van der Waals surface area contributed by atoms with Gasteiger partial charge in [0.1, 0.15) is 0 Å². The van der Waals surface area contributed by atoms with E-state index in [1.165, 1.54) is 23.8 Å². The maximum atomic E-state index is 12.5. The highest BCUT2D eigenvalue weighted by atomic mass is 32.1. The third-order valence-electron chi connectivity index (χ3n) is 4.55. The first kappa shape index (κ1) is 20.7. The highest BCUT2D eigenvalue weighted by Crippen LogP contribution is 2.25. The number of rotatable bonds is 8. The van der Waals surface area contributed by atoms with Crippen molar-refractivity contribution in [2.24, 2.45) is 0 Å². The second-order valence-corrected chi connectivity index (χ2v) is 7.76. The van der Waals surface area contributed by atoms with Gasteiger partial charge in [0.25, 0.3) is 5.91 Å². The van der Waals surface area contributed by atoms with Gasteiger partial charge in [0.05, 0.1) is 5.69 Å². The number of anilines is 1. The Morgan fingerprint density at radius 3 is 2.34 bits per heavy atom. The second kappa shape index (κ2) is 9.98. The molecule has 0 saturated heterocycles. The van der Waals surface area contributed by atoms with Crippen LogP contribution in [0.1, 0.15) is 48.2 Å². The van der Waals surface area contributed by atoms with Gasteiger partial charge < -0.3 is 5.32 Å². The van der Waals surface area contributed by atoms with Crippen molar-refractivity contribution in [2.75, 3.05) is 5.32 Å². The van der Waals surface area contributed by atoms with Crippen LogP contribution in [0.2, 0.25) is 0 Å². The minimum atomic E-state index is -0.154. The Kier molecular flexibility index (Phi) is 7.14. The smallest absolute Gasteiger partial charge is 0.257 e. The molecule has 0 aliphatic rings. The van der Waals surface area contributed by atoms with E-state index in [0.29, 0.717) is 17.2 Å². The van der Waals surface area contributed by atoms with Gasteiger partial charge in [-0.1, -0.05) is 49.7 Å². The number of aromatic nitrogens is 1. The number of hydrogen-bond acceptors (Lipinski definition) is 4. The largest absolute Gasteiger partial charge is 0.352 e. The fourth-order valence-electron chi connectivity index (χ4n) is 2.86. The number of nitrogens with zero attached hydrogens (tertiary/aromatic N) is 1. The summed E-state index contributed by atoms with van der Waals surface area (Å²) in [6.07, 6.45) is 3.35. The molecule has 0 fully saturated rings. The fourth-order valence-corrected chi connectivity index (χ4v) is 3.57. The molecule has 2 amide bonds. The summed E-state index contributed by atoms with van der Waals surface area (Å²) in [5, 5.41) is 8.15. The van der Waals surface area contributed by atoms with Crippen LogP contribution in [0.15, 0.2) is 53.9 Å². The van der Waals surface area contributed by atoms with Gasteiger partial charge in [-0.15, -0.1) is 11.3 Å². The van der Waals surface area contributed by atoms with Crippen LogP contribution in [0, 0.1) is 0 Å². The quantitative estimate of drug-likeness (QED) is 0.549. The Labute approximate surface area is 175 Å². The summed E-state index contributed by atoms with van der Waals surface area (Å²) in [6, 6.07) is 15.6. The van der Waals surface area contributed by atoms with Crippen LogP contribution >= 0.6 is 11.3 Å². The second-order valence-electron chi connectivity index (χ2n) is 6.90. The first-order valence-electron chi connectivity index (χ1n) is 9.74. The molecule has 0 aliphatic heterocycles. The molecular weight excluding hydrogens is 382 g/mol. The molecule has 1 aromatic heterocycles. The topological polar surface area (TPSA) is 71.1 Å². The van der Waals surface area contributed by atoms with Crippen LogP contribution < -0.4 is 10.6 Å². The van der Waals surface area contributed by atoms with E-state index in [0.717, 1.165) is 36.1 Å². The van der Waals surface area contributed by atoms with Crippen molar-refractivity contribution in [3.8, 4) is 11.3 Å². The van der Waals surface area contributed by atoms with Crippen LogP contribution in [-0.2, 0) is 17.8 Å². The molecule has 0 atom stereocenters. The van der Waals surface area contributed by atoms with Gasteiger partial charge in [0, 0.05) is 30.0 Å². The summed E-state index contributed by atoms with van der Waals surface area (Å²) in [5.41, 5.74) is 4.68. The fraction of sp³-hybridized carbons (Fsp3) is 0.261. The summed E-state index contributed by atoms with van der Waals surface area (Å²) in [6.45, 7) is 4.18. The van der Waals surface area contributed by atoms with Gasteiger partial charge in [-0.25, -0.2) is 4.98 Å². The van der Waals surface area contributed by atoms with Crippen LogP contribution in [-0.4, -0.2) is 16.8 Å². The van der Waals surface area contributed by atoms with Crippen molar-refractivity contribution in [3.63, 3.8) is 0 Å². The lowest BCUT2D eigenvalue weighted by atomic mass is 10.1. The van der Waals surface area contributed by atoms with E-state index in [4.69, 9.17) is 0 Å². The number of nitrogens with one attached hydrogen (secondary N) is 2. The highest BCUT2D eigenvalue weighted by Gasteiger charge is 2.10. The van der Waals surface area contributed by atoms with Gasteiger partial charge in [0.2, 0.25) is 5.91 Å². The molecular formula is C23H25N3O2S. The lowest BCUT2D eigenvalue weighted by molar-refractivity contribution is -0.119. The van der Waals surface area contributed by atoms with E-state index in [1.807, 2.05) is 53.9 Å². The van der Waals surface area contributed by atoms with E-state index in [2.05, 4.69) is 22.5 Å². The molecule has 0 spiro atoms. The van der Waals surface area contributed by atoms with E-state index >= 15 is 0 Å². The number of carbonyl (C=O) groups excluding carboxylic acids is 2. The molecule has 29 heavy (non-hydrogen) atoms. The number of thiazole rings is 1. The Hall–Kier alpha value is -2.99. The molecule has 0 bridgehead atoms. The van der Waals surface area contributed by atoms with Crippen molar-refractivity contribution >= 4 is 28.3 Å². The van der Waals surface area contributed by atoms with Crippen molar-refractivity contribution in [1.82, 2.24) is 10.3 Å². The maximum Gasteiger partial charge on any atom is 0.257 e. The molecule has 2 N–H and O–H groups in total. The van der Waals surface area contributed by atoms with Crippen molar-refractivity contribution in [2.45, 2.75) is 39.7 Å². The molecule has 5 nitrogen and oxygen atoms in total. The average molecular weight is 408 g/mol. The third kappa shape index (κ3) is 5.99. The lowest BCUT2D eigenvalue weighted by Gasteiger charge is -2.04. The van der Waals surface area contributed by atoms with Crippen molar-refractivity contribution in [1.29, 1.82) is 0 Å². The number of aryl methyl sites for hydroxylation is 1. The zero-order chi connectivity index (χ0) is 20.6. The van der Waals surface area contributed by atoms with Crippen molar-refractivity contribution < 1.29 is 9.59 Å². The predicted octanol–water partition coefficient (Wildman–Crippen LogP) is 5.04. The summed E-state index contributed by atoms with van der Waals surface area (Å²) < 4.78 is 0. The summed E-state index contributed by atoms with van der Waals surface area (Å²) in [5.74, 6) is -0.205. The Balaban J connectivity index is 1.61. The molecule has 3 aromatic rings. The number of hydrogen-bond donors (Lipinski definition) is 2. The molecule has 0 unspecified atom stereocenters. The number of carbonyl (C=O) groups is 2. The van der Waals surface area contributed by atoms with Gasteiger partial charge in [-0.3, -0.25) is 14.9 Å². The van der Waals surface area contributed by atoms with Crippen molar-refractivity contribution in [3.05, 3.63) is 70.6 Å². The molecule has 6 heteroatoms. The van der Waals surface area contributed by atoms with E-state index in [9.17, 15) is 9.59 Å². The molecule has 0 radical (unpaired) electrons. The van der Waals surface area contributed by atoms with Gasteiger partial charge >= 0.3 is 0 Å². The predicted molar refractivity (Wildman–Crippen MR) is 118 cm³/mol. The SMILES string of the molecule is CCCCc1ccc(C(=O)Nc2nc(-c3ccc(CNC(C)=O)cc3)cs2)cc1. The molecule has 0 saturated carbocycles. The van der Waals surface area contributed by atoms with Crippen LogP contribution in [0.25, 0.3) is 11.3 Å². The van der Waals surface area contributed by atoms with E-state index in [-0.39, 0.29) is 11.8 Å². The first-order valence-corrected chi connectivity index (χ1v) is 10.6. The lowest BCUT2D eigenvalue weighted by Crippen LogP contribution is -2.18. The Morgan fingerprint density at radius 2 is 1.69 bits per heavy atom. The number of benzene rings is 2. The standard InChI is InChI=1S/C23H25N3O2S/c1-3-4-5-17-6-12-20(13-7-17)22(28)26-23-25-21(15-29-23)19-10-8-18(9-11-19)14-24-16(2)27/h6-13,15H,3-5,14H2,1-2H3,(H,24,27)(H,25,26,28). The minimum Gasteiger partial charge on any atom is -0.352 e. The van der Waals surface area contributed by atoms with E-state index < -0.39 is 0 Å². The maximum absolute atomic E-state index is 12.5. The summed E-state index contributed by atoms with van der Waals surface area (Å²) in [4.78, 5) is 28.0. The number of unbranched alkanes of at least 4 members (excludes halogenated alkanes) is 1. The van der Waals surface area contributed by atoms with Crippen LogP contribution in [0.5, 0.6) is 0 Å². The van der Waals surface area contributed by atoms with Crippen LogP contribution in [0.3, 0.4) is 0 Å². The minimum absolute atomic E-state index is 0.0513. The van der Waals surface area contributed by atoms with E-state index in [1.54, 1.807) is 0 Å². The normalized spacial score (nSPS) is 10.6. The molecule has 3 rings (SSSR count). The third-order valence-corrected chi connectivity index (χ3v) is 5.31. The molecule has 2 aromatic carbocycles. The Bertz CT molecular complexity index is 963. The van der Waals surface area contributed by atoms with Gasteiger partial charge in [0.15, 0.2) is 5.13 Å². The average Bonchev–Trinajstić information content (AvgIpc) is 3.20. The molecule has 1 heterocycles. The molecule has 150 valence electrons.